The van der Waals surface area contributed by atoms with Gasteiger partial charge in [0.05, 0.1) is 12.5 Å². The van der Waals surface area contributed by atoms with E-state index in [-0.39, 0.29) is 11.2 Å². The number of H-pyrrole nitrogens is 1. The summed E-state index contributed by atoms with van der Waals surface area (Å²) in [4.78, 5) is 30.8. The lowest BCUT2D eigenvalue weighted by atomic mass is 9.77. The summed E-state index contributed by atoms with van der Waals surface area (Å²) in [6.07, 6.45) is 2.22. The van der Waals surface area contributed by atoms with Crippen LogP contribution in [0.25, 0.3) is 10.2 Å². The average molecular weight is 398 g/mol. The molecule has 1 aromatic carbocycles. The quantitative estimate of drug-likeness (QED) is 0.734. The zero-order chi connectivity index (χ0) is 19.3. The summed E-state index contributed by atoms with van der Waals surface area (Å²) >= 11 is 1.39. The van der Waals surface area contributed by atoms with Crippen LogP contribution in [-0.4, -0.2) is 41.2 Å². The van der Waals surface area contributed by atoms with Gasteiger partial charge >= 0.3 is 5.69 Å². The molecule has 5 rings (SSSR count). The van der Waals surface area contributed by atoms with Gasteiger partial charge in [-0.05, 0) is 47.4 Å². The summed E-state index contributed by atoms with van der Waals surface area (Å²) in [6.45, 7) is 3.13. The van der Waals surface area contributed by atoms with Crippen molar-refractivity contribution in [1.82, 2.24) is 14.5 Å². The van der Waals surface area contributed by atoms with Crippen molar-refractivity contribution in [3.8, 4) is 5.75 Å². The van der Waals surface area contributed by atoms with E-state index in [0.717, 1.165) is 31.7 Å². The first kappa shape index (κ1) is 17.7. The highest BCUT2D eigenvalue weighted by Crippen LogP contribution is 2.43. The number of rotatable bonds is 4. The van der Waals surface area contributed by atoms with E-state index in [1.807, 2.05) is 11.4 Å². The fourth-order valence-corrected chi connectivity index (χ4v) is 5.70. The highest BCUT2D eigenvalue weighted by atomic mass is 32.1. The van der Waals surface area contributed by atoms with E-state index >= 15 is 0 Å². The molecule has 1 N–H and O–H groups in total. The van der Waals surface area contributed by atoms with Crippen molar-refractivity contribution in [1.29, 1.82) is 0 Å². The van der Waals surface area contributed by atoms with Gasteiger partial charge in [0.25, 0.3) is 5.56 Å². The summed E-state index contributed by atoms with van der Waals surface area (Å²) in [5.74, 6) is 2.14. The second kappa shape index (κ2) is 6.90. The number of ether oxygens (including phenoxy) is 1. The number of nitrogens with one attached hydrogen (secondary N) is 1. The first-order chi connectivity index (χ1) is 13.7. The lowest BCUT2D eigenvalue weighted by Crippen LogP contribution is -2.38. The molecule has 1 saturated heterocycles. The predicted octanol–water partition coefficient (Wildman–Crippen LogP) is 2.42. The molecule has 0 spiro atoms. The Hall–Kier alpha value is -2.38. The van der Waals surface area contributed by atoms with Crippen molar-refractivity contribution < 1.29 is 4.74 Å². The van der Waals surface area contributed by atoms with E-state index in [1.165, 1.54) is 27.0 Å². The van der Waals surface area contributed by atoms with Crippen LogP contribution in [0.2, 0.25) is 0 Å². The molecule has 1 aliphatic carbocycles. The topological polar surface area (TPSA) is 67.3 Å². The number of likely N-dealkylation sites (tertiary alicyclic amines) is 1. The largest absolute Gasteiger partial charge is 0.496 e. The molecule has 3 heterocycles. The van der Waals surface area contributed by atoms with Gasteiger partial charge in [0.1, 0.15) is 10.6 Å². The summed E-state index contributed by atoms with van der Waals surface area (Å²) < 4.78 is 6.90. The molecule has 3 aromatic rings. The maximum atomic E-state index is 12.6. The average Bonchev–Trinajstić information content (AvgIpc) is 3.33. The highest BCUT2D eigenvalue weighted by molar-refractivity contribution is 7.16. The zero-order valence-electron chi connectivity index (χ0n) is 15.8. The third-order valence-electron chi connectivity index (χ3n) is 6.32. The molecule has 0 saturated carbocycles. The number of benzene rings is 1. The standard InChI is InChI=1S/C21H23N3O3S/c1-27-18-4-2-3-14-15(18)6-5-13-11-23(12-17(13)14)8-9-24-20(25)16-7-10-28-19(16)22-21(24)26/h2-4,7,10,13,17H,5-6,8-9,11-12H2,1H3,(H,22,26)/t13-,17+/m1/s1. The summed E-state index contributed by atoms with van der Waals surface area (Å²) in [7, 11) is 1.74. The van der Waals surface area contributed by atoms with Crippen LogP contribution in [-0.2, 0) is 13.0 Å². The SMILES string of the molecule is COc1cccc2c1CC[C@@H]1CN(CCn3c(=O)[nH]c4sccc4c3=O)C[C@H]21. The predicted molar refractivity (Wildman–Crippen MR) is 111 cm³/mol. The van der Waals surface area contributed by atoms with Crippen molar-refractivity contribution in [2.45, 2.75) is 25.3 Å². The number of aromatic nitrogens is 2. The number of methoxy groups -OCH3 is 1. The first-order valence-electron chi connectivity index (χ1n) is 9.74. The molecule has 0 unspecified atom stereocenters. The molecule has 1 fully saturated rings. The molecule has 146 valence electrons. The van der Waals surface area contributed by atoms with Crippen molar-refractivity contribution in [3.05, 3.63) is 61.6 Å². The van der Waals surface area contributed by atoms with E-state index in [1.54, 1.807) is 13.2 Å². The number of hydrogen-bond donors (Lipinski definition) is 1. The smallest absolute Gasteiger partial charge is 0.329 e. The van der Waals surface area contributed by atoms with Crippen LogP contribution in [0.1, 0.15) is 23.5 Å². The number of fused-ring (bicyclic) bond motifs is 4. The molecule has 6 nitrogen and oxygen atoms in total. The van der Waals surface area contributed by atoms with Gasteiger partial charge < -0.3 is 9.64 Å². The lowest BCUT2D eigenvalue weighted by molar-refractivity contribution is 0.303. The van der Waals surface area contributed by atoms with Crippen LogP contribution in [0.4, 0.5) is 0 Å². The molecule has 2 aromatic heterocycles. The van der Waals surface area contributed by atoms with Crippen LogP contribution in [0.5, 0.6) is 5.75 Å². The highest BCUT2D eigenvalue weighted by Gasteiger charge is 2.38. The van der Waals surface area contributed by atoms with Gasteiger partial charge in [-0.2, -0.15) is 0 Å². The van der Waals surface area contributed by atoms with Gasteiger partial charge in [0, 0.05) is 32.1 Å². The van der Waals surface area contributed by atoms with Gasteiger partial charge in [0.2, 0.25) is 0 Å². The summed E-state index contributed by atoms with van der Waals surface area (Å²) in [5, 5.41) is 2.43. The molecule has 2 atom stereocenters. The van der Waals surface area contributed by atoms with Gasteiger partial charge in [0.15, 0.2) is 0 Å². The zero-order valence-corrected chi connectivity index (χ0v) is 16.6. The molecule has 0 amide bonds. The Balaban J connectivity index is 1.35. The molecular formula is C21H23N3O3S. The van der Waals surface area contributed by atoms with Crippen molar-refractivity contribution in [2.75, 3.05) is 26.7 Å². The third-order valence-corrected chi connectivity index (χ3v) is 7.15. The summed E-state index contributed by atoms with van der Waals surface area (Å²) in [6, 6.07) is 8.14. The van der Waals surface area contributed by atoms with Crippen molar-refractivity contribution in [3.63, 3.8) is 0 Å². The molecule has 28 heavy (non-hydrogen) atoms. The molecule has 2 aliphatic rings. The Labute approximate surface area is 166 Å². The van der Waals surface area contributed by atoms with Crippen molar-refractivity contribution in [2.24, 2.45) is 5.92 Å². The van der Waals surface area contributed by atoms with E-state index in [9.17, 15) is 9.59 Å². The fourth-order valence-electron chi connectivity index (χ4n) is 4.93. The Morgan fingerprint density at radius 2 is 2.11 bits per heavy atom. The number of thiophene rings is 1. The molecule has 1 aliphatic heterocycles. The number of hydrogen-bond acceptors (Lipinski definition) is 5. The van der Waals surface area contributed by atoms with Crippen LogP contribution >= 0.6 is 11.3 Å². The second-order valence-corrected chi connectivity index (χ2v) is 8.66. The van der Waals surface area contributed by atoms with Gasteiger partial charge in [-0.1, -0.05) is 12.1 Å². The van der Waals surface area contributed by atoms with Crippen LogP contribution < -0.4 is 16.0 Å². The Bertz CT molecular complexity index is 1150. The van der Waals surface area contributed by atoms with Crippen molar-refractivity contribution >= 4 is 21.6 Å². The van der Waals surface area contributed by atoms with E-state index in [4.69, 9.17) is 4.74 Å². The summed E-state index contributed by atoms with van der Waals surface area (Å²) in [5.41, 5.74) is 2.26. The van der Waals surface area contributed by atoms with Crippen LogP contribution in [0.3, 0.4) is 0 Å². The fraction of sp³-hybridized carbons (Fsp3) is 0.429. The van der Waals surface area contributed by atoms with E-state index < -0.39 is 0 Å². The van der Waals surface area contributed by atoms with Gasteiger partial charge in [-0.15, -0.1) is 11.3 Å². The maximum absolute atomic E-state index is 12.6. The monoisotopic (exact) mass is 397 g/mol. The Morgan fingerprint density at radius 1 is 1.21 bits per heavy atom. The van der Waals surface area contributed by atoms with Gasteiger partial charge in [-0.25, -0.2) is 4.79 Å². The minimum Gasteiger partial charge on any atom is -0.496 e. The Kier molecular flexibility index (Phi) is 4.36. The van der Waals surface area contributed by atoms with E-state index in [0.29, 0.717) is 35.1 Å². The molecular weight excluding hydrogens is 374 g/mol. The maximum Gasteiger partial charge on any atom is 0.329 e. The second-order valence-electron chi connectivity index (χ2n) is 7.74. The normalized spacial score (nSPS) is 21.6. The minimum atomic E-state index is -0.313. The third kappa shape index (κ3) is 2.81. The lowest BCUT2D eigenvalue weighted by Gasteiger charge is -2.28. The van der Waals surface area contributed by atoms with E-state index in [2.05, 4.69) is 22.0 Å². The Morgan fingerprint density at radius 3 is 2.96 bits per heavy atom. The molecule has 7 heteroatoms. The molecule has 0 radical (unpaired) electrons. The van der Waals surface area contributed by atoms with Crippen LogP contribution in [0.15, 0.2) is 39.2 Å². The first-order valence-corrected chi connectivity index (χ1v) is 10.6. The van der Waals surface area contributed by atoms with Gasteiger partial charge in [-0.3, -0.25) is 14.3 Å². The minimum absolute atomic E-state index is 0.188. The van der Waals surface area contributed by atoms with Crippen LogP contribution in [0, 0.1) is 5.92 Å². The number of nitrogens with zero attached hydrogens (tertiary/aromatic N) is 2. The number of aromatic amines is 1. The molecule has 0 bridgehead atoms.